The molecule has 0 saturated carbocycles. The first-order valence-electron chi connectivity index (χ1n) is 18.6. The largest absolute Gasteiger partial charge is 0.378 e. The summed E-state index contributed by atoms with van der Waals surface area (Å²) in [6, 6.07) is 29.6. The molecule has 6 heterocycles. The Balaban J connectivity index is 0.000000152. The number of carbonyl (C=O) groups excluding carboxylic acids is 2. The zero-order chi connectivity index (χ0) is 42.5. The van der Waals surface area contributed by atoms with Crippen molar-refractivity contribution in [3.8, 4) is 33.5 Å². The molecule has 16 heteroatoms. The highest BCUT2D eigenvalue weighted by molar-refractivity contribution is 14.1. The first-order chi connectivity index (χ1) is 28.9. The lowest BCUT2D eigenvalue weighted by molar-refractivity contribution is 0.0820. The van der Waals surface area contributed by atoms with Crippen LogP contribution >= 0.6 is 38.5 Å². The van der Waals surface area contributed by atoms with Gasteiger partial charge in [-0.2, -0.15) is 15.3 Å². The number of rotatable bonds is 6. The summed E-state index contributed by atoms with van der Waals surface area (Å²) in [7, 11) is 11.0. The number of fused-ring (bicyclic) bond motifs is 3. The highest BCUT2D eigenvalue weighted by Crippen LogP contribution is 2.31. The zero-order valence-electron chi connectivity index (χ0n) is 33.6. The number of hydrogen-bond donors (Lipinski definition) is 3. The summed E-state index contributed by atoms with van der Waals surface area (Å²) in [5, 5.41) is 24.0. The molecule has 0 spiro atoms. The van der Waals surface area contributed by atoms with Gasteiger partial charge in [0.25, 0.3) is 11.8 Å². The molecule has 0 unspecified atom stereocenters. The predicted molar refractivity (Wildman–Crippen MR) is 249 cm³/mol. The van der Waals surface area contributed by atoms with Crippen molar-refractivity contribution in [2.75, 3.05) is 47.2 Å². The minimum atomic E-state index is -0.0223. The number of H-pyrrole nitrogens is 3. The van der Waals surface area contributed by atoms with Crippen molar-refractivity contribution in [2.24, 2.45) is 0 Å². The number of carbonyl (C=O) groups is 2. The zero-order valence-corrected chi connectivity index (χ0v) is 37.3. The molecule has 0 saturated heterocycles. The Hall–Kier alpha value is -6.53. The van der Waals surface area contributed by atoms with Crippen molar-refractivity contribution in [3.63, 3.8) is 0 Å². The number of amides is 2. The summed E-state index contributed by atoms with van der Waals surface area (Å²) >= 11 is 5.51. The van der Waals surface area contributed by atoms with Crippen LogP contribution in [-0.4, -0.2) is 109 Å². The first kappa shape index (κ1) is 41.6. The smallest absolute Gasteiger partial charge is 0.253 e. The molecule has 0 aliphatic rings. The molecule has 60 heavy (non-hydrogen) atoms. The van der Waals surface area contributed by atoms with Crippen molar-refractivity contribution >= 4 is 89.1 Å². The summed E-state index contributed by atoms with van der Waals surface area (Å²) in [6.07, 6.45) is 7.05. The maximum Gasteiger partial charge on any atom is 0.253 e. The second-order valence-electron chi connectivity index (χ2n) is 14.3. The molecule has 6 aromatic heterocycles. The van der Waals surface area contributed by atoms with Gasteiger partial charge in [0.2, 0.25) is 0 Å². The lowest BCUT2D eigenvalue weighted by atomic mass is 10.0. The molecule has 3 aromatic carbocycles. The highest BCUT2D eigenvalue weighted by atomic mass is 127. The molecular weight excluding hydrogens is 935 g/mol. The quantitative estimate of drug-likeness (QED) is 0.138. The Bertz CT molecular complexity index is 2960. The predicted octanol–water partition coefficient (Wildman–Crippen LogP) is 8.71. The summed E-state index contributed by atoms with van der Waals surface area (Å²) in [5.41, 5.74) is 10.4. The topological polar surface area (TPSA) is 169 Å². The van der Waals surface area contributed by atoms with Crippen molar-refractivity contribution in [2.45, 2.75) is 0 Å². The molecule has 0 bridgehead atoms. The van der Waals surface area contributed by atoms with Gasteiger partial charge in [0.1, 0.15) is 3.70 Å². The third-order valence-electron chi connectivity index (χ3n) is 9.40. The molecule has 14 nitrogen and oxygen atoms in total. The van der Waals surface area contributed by atoms with E-state index in [2.05, 4.69) is 119 Å². The van der Waals surface area contributed by atoms with Crippen LogP contribution in [0.15, 0.2) is 120 Å². The molecule has 0 aliphatic heterocycles. The molecule has 0 aliphatic carbocycles. The molecule has 9 rings (SSSR count). The van der Waals surface area contributed by atoms with Crippen molar-refractivity contribution in [1.29, 1.82) is 0 Å². The van der Waals surface area contributed by atoms with E-state index < -0.39 is 0 Å². The van der Waals surface area contributed by atoms with Gasteiger partial charge in [0.05, 0.1) is 17.3 Å². The monoisotopic (exact) mass is 974 g/mol. The van der Waals surface area contributed by atoms with Crippen LogP contribution in [-0.2, 0) is 0 Å². The Morgan fingerprint density at radius 1 is 0.583 bits per heavy atom. The number of aromatic amines is 3. The third kappa shape index (κ3) is 9.34. The molecular formula is C44H40BrIN12O2. The van der Waals surface area contributed by atoms with Crippen LogP contribution in [0.1, 0.15) is 20.7 Å². The van der Waals surface area contributed by atoms with Gasteiger partial charge in [-0.25, -0.2) is 15.0 Å². The molecule has 2 amide bonds. The van der Waals surface area contributed by atoms with Crippen LogP contribution in [0.25, 0.3) is 66.6 Å². The fraction of sp³-hybridized carbons (Fsp3) is 0.136. The van der Waals surface area contributed by atoms with Crippen LogP contribution < -0.4 is 4.90 Å². The van der Waals surface area contributed by atoms with Crippen molar-refractivity contribution < 1.29 is 9.59 Å². The number of hydrogen-bond acceptors (Lipinski definition) is 9. The molecule has 302 valence electrons. The van der Waals surface area contributed by atoms with Crippen LogP contribution in [0, 0.1) is 3.70 Å². The lowest BCUT2D eigenvalue weighted by Gasteiger charge is -2.12. The number of halogens is 2. The minimum Gasteiger partial charge on any atom is -0.378 e. The van der Waals surface area contributed by atoms with E-state index >= 15 is 0 Å². The van der Waals surface area contributed by atoms with Gasteiger partial charge >= 0.3 is 0 Å². The fourth-order valence-electron chi connectivity index (χ4n) is 6.22. The average molecular weight is 976 g/mol. The van der Waals surface area contributed by atoms with E-state index in [1.165, 1.54) is 0 Å². The first-order valence-corrected chi connectivity index (χ1v) is 20.4. The maximum absolute atomic E-state index is 12.3. The normalized spacial score (nSPS) is 10.8. The van der Waals surface area contributed by atoms with Crippen LogP contribution in [0.2, 0.25) is 0 Å². The maximum atomic E-state index is 12.3. The van der Waals surface area contributed by atoms with Gasteiger partial charge in [-0.15, -0.1) is 0 Å². The van der Waals surface area contributed by atoms with E-state index in [-0.39, 0.29) is 11.8 Å². The standard InChI is InChI=1S/C23H23N5O.C15H13IN4O.C6H4BrN3/c1-27(2)19-10-8-15(9-11-19)21-20-13-18(14-24-22(20)26-25-21)16-6-5-7-17(12-16)23(29)28(3)4;1-20(2)15(21)10-5-3-4-9(6-10)11-7-12-13(16)18-19-14(12)17-8-11;7-5-1-4-2-9-10-6(4)8-3-5/h5-14H,1-4H3,(H,24,25,26);3-8H,1-2H3,(H,17,18,19);1-3H,(H,8,9,10). The Morgan fingerprint density at radius 3 is 1.73 bits per heavy atom. The van der Waals surface area contributed by atoms with E-state index in [0.29, 0.717) is 22.4 Å². The molecule has 9 aromatic rings. The summed E-state index contributed by atoms with van der Waals surface area (Å²) < 4.78 is 1.93. The molecule has 0 fully saturated rings. The van der Waals surface area contributed by atoms with Gasteiger partial charge in [0, 0.05) is 110 Å². The number of nitrogens with zero attached hydrogens (tertiary/aromatic N) is 9. The number of anilines is 1. The summed E-state index contributed by atoms with van der Waals surface area (Å²) in [5.74, 6) is -0.0327. The summed E-state index contributed by atoms with van der Waals surface area (Å²) in [6.45, 7) is 0. The SMILES string of the molecule is Brc1cnc2[nH]ncc2c1.CN(C)C(=O)c1cccc(-c2cnc3n[nH]c(-c4ccc(N(C)C)cc4)c3c2)c1.CN(C)C(=O)c1cccc(-c2cnc3n[nH]c(I)c3c2)c1. The van der Waals surface area contributed by atoms with Crippen LogP contribution in [0.5, 0.6) is 0 Å². The second-order valence-corrected chi connectivity index (χ2v) is 16.3. The van der Waals surface area contributed by atoms with Gasteiger partial charge in [-0.05, 0) is 104 Å². The molecule has 3 N–H and O–H groups in total. The van der Waals surface area contributed by atoms with Crippen molar-refractivity contribution in [3.05, 3.63) is 135 Å². The van der Waals surface area contributed by atoms with E-state index in [1.807, 2.05) is 74.8 Å². The van der Waals surface area contributed by atoms with E-state index in [1.54, 1.807) is 62.8 Å². The molecule has 0 atom stereocenters. The van der Waals surface area contributed by atoms with Gasteiger partial charge in [-0.1, -0.05) is 36.4 Å². The van der Waals surface area contributed by atoms with Gasteiger partial charge in [0.15, 0.2) is 16.9 Å². The molecule has 0 radical (unpaired) electrons. The van der Waals surface area contributed by atoms with E-state index in [9.17, 15) is 9.59 Å². The number of aromatic nitrogens is 9. The minimum absolute atomic E-state index is 0.0104. The van der Waals surface area contributed by atoms with Gasteiger partial charge in [-0.3, -0.25) is 24.9 Å². The Kier molecular flexibility index (Phi) is 12.6. The van der Waals surface area contributed by atoms with Crippen molar-refractivity contribution in [1.82, 2.24) is 55.3 Å². The van der Waals surface area contributed by atoms with Crippen LogP contribution in [0.3, 0.4) is 0 Å². The second kappa shape index (κ2) is 18.2. The average Bonchev–Trinajstić information content (AvgIpc) is 4.01. The summed E-state index contributed by atoms with van der Waals surface area (Å²) in [4.78, 5) is 42.5. The lowest BCUT2D eigenvalue weighted by Crippen LogP contribution is -2.21. The Morgan fingerprint density at radius 2 is 1.15 bits per heavy atom. The number of nitrogens with one attached hydrogen (secondary N) is 3. The fourth-order valence-corrected chi connectivity index (χ4v) is 7.09. The van der Waals surface area contributed by atoms with Gasteiger partial charge < -0.3 is 14.7 Å². The van der Waals surface area contributed by atoms with Crippen LogP contribution in [0.4, 0.5) is 5.69 Å². The number of benzene rings is 3. The number of pyridine rings is 3. The van der Waals surface area contributed by atoms with E-state index in [0.717, 1.165) is 69.2 Å². The van der Waals surface area contributed by atoms with E-state index in [4.69, 9.17) is 0 Å². The third-order valence-corrected chi connectivity index (χ3v) is 10.7. The highest BCUT2D eigenvalue weighted by Gasteiger charge is 2.14. The Labute approximate surface area is 367 Å².